The number of fused-ring (bicyclic) bond motifs is 3. The van der Waals surface area contributed by atoms with E-state index in [-0.39, 0.29) is 49.6 Å². The van der Waals surface area contributed by atoms with Gasteiger partial charge in [-0.15, -0.1) is 0 Å². The smallest absolute Gasteiger partial charge is 0.262 e. The van der Waals surface area contributed by atoms with Crippen molar-refractivity contribution >= 4 is 23.4 Å². The highest BCUT2D eigenvalue weighted by molar-refractivity contribution is 6.00. The van der Waals surface area contributed by atoms with Gasteiger partial charge in [-0.1, -0.05) is 6.92 Å². The second kappa shape index (κ2) is 7.09. The van der Waals surface area contributed by atoms with Crippen LogP contribution in [-0.4, -0.2) is 59.6 Å². The summed E-state index contributed by atoms with van der Waals surface area (Å²) in [6, 6.07) is 4.92. The number of nitrogens with one attached hydrogen (secondary N) is 2. The summed E-state index contributed by atoms with van der Waals surface area (Å²) in [7, 11) is 0. The summed E-state index contributed by atoms with van der Waals surface area (Å²) < 4.78 is 5.43. The molecule has 8 heteroatoms. The molecule has 3 atom stereocenters. The SMILES string of the molecule is CC[C@]1(C(=O)NCCO)C[C@H]2CC[C@@H]1N2C(=O)c1ccc2c(c1)OCC(=O)N2. The normalized spacial score (nSPS) is 27.8. The van der Waals surface area contributed by atoms with Crippen LogP contribution in [0, 0.1) is 5.41 Å². The van der Waals surface area contributed by atoms with E-state index in [1.54, 1.807) is 18.2 Å². The predicted octanol–water partition coefficient (Wildman–Crippen LogP) is 0.899. The summed E-state index contributed by atoms with van der Waals surface area (Å²) in [4.78, 5) is 39.5. The molecule has 0 unspecified atom stereocenters. The van der Waals surface area contributed by atoms with Crippen LogP contribution < -0.4 is 15.4 Å². The van der Waals surface area contributed by atoms with Crippen LogP contribution in [0.15, 0.2) is 18.2 Å². The van der Waals surface area contributed by atoms with Gasteiger partial charge in [0.05, 0.1) is 17.7 Å². The molecular formula is C20H25N3O5. The zero-order valence-corrected chi connectivity index (χ0v) is 15.9. The topological polar surface area (TPSA) is 108 Å². The van der Waals surface area contributed by atoms with Crippen LogP contribution >= 0.6 is 0 Å². The minimum atomic E-state index is -0.605. The van der Waals surface area contributed by atoms with Gasteiger partial charge < -0.3 is 25.4 Å². The number of hydrogen-bond donors (Lipinski definition) is 3. The summed E-state index contributed by atoms with van der Waals surface area (Å²) in [6.45, 7) is 2.04. The lowest BCUT2D eigenvalue weighted by molar-refractivity contribution is -0.133. The molecule has 3 heterocycles. The molecule has 8 nitrogen and oxygen atoms in total. The Bertz CT molecular complexity index is 826. The number of anilines is 1. The first kappa shape index (κ1) is 18.7. The number of amides is 3. The zero-order chi connectivity index (χ0) is 19.9. The molecular weight excluding hydrogens is 362 g/mol. The van der Waals surface area contributed by atoms with Crippen molar-refractivity contribution in [3.8, 4) is 5.75 Å². The third-order valence-corrected chi connectivity index (χ3v) is 6.32. The van der Waals surface area contributed by atoms with Crippen molar-refractivity contribution < 1.29 is 24.2 Å². The minimum Gasteiger partial charge on any atom is -0.482 e. The molecule has 4 rings (SSSR count). The van der Waals surface area contributed by atoms with Gasteiger partial charge in [0, 0.05) is 24.2 Å². The van der Waals surface area contributed by atoms with Crippen molar-refractivity contribution in [2.45, 2.75) is 44.7 Å². The standard InChI is InChI=1S/C20H25N3O5/c1-2-20(19(27)21-7-8-24)10-13-4-6-16(20)23(13)18(26)12-3-5-14-15(9-12)28-11-17(25)22-14/h3,5,9,13,16,24H,2,4,6-8,10-11H2,1H3,(H,21,27)(H,22,25)/t13-,16+,20+/m1/s1. The van der Waals surface area contributed by atoms with Gasteiger partial charge in [-0.3, -0.25) is 14.4 Å². The van der Waals surface area contributed by atoms with Crippen molar-refractivity contribution in [3.05, 3.63) is 23.8 Å². The van der Waals surface area contributed by atoms with E-state index in [1.165, 1.54) is 0 Å². The lowest BCUT2D eigenvalue weighted by Gasteiger charge is -2.35. The molecule has 2 saturated heterocycles. The second-order valence-corrected chi connectivity index (χ2v) is 7.70. The fourth-order valence-electron chi connectivity index (χ4n) is 4.98. The van der Waals surface area contributed by atoms with Gasteiger partial charge in [0.25, 0.3) is 11.8 Å². The molecule has 0 aliphatic carbocycles. The highest BCUT2D eigenvalue weighted by Gasteiger charge is 2.60. The van der Waals surface area contributed by atoms with Crippen molar-refractivity contribution in [2.24, 2.45) is 5.41 Å². The van der Waals surface area contributed by atoms with Crippen LogP contribution in [-0.2, 0) is 9.59 Å². The quantitative estimate of drug-likeness (QED) is 0.696. The predicted molar refractivity (Wildman–Crippen MR) is 101 cm³/mol. The molecule has 0 radical (unpaired) electrons. The Labute approximate surface area is 163 Å². The maximum Gasteiger partial charge on any atom is 0.262 e. The highest BCUT2D eigenvalue weighted by atomic mass is 16.5. The maximum atomic E-state index is 13.3. The Kier molecular flexibility index (Phi) is 4.74. The molecule has 0 aromatic heterocycles. The number of carbonyl (C=O) groups excluding carboxylic acids is 3. The Morgan fingerprint density at radius 2 is 2.21 bits per heavy atom. The number of carbonyl (C=O) groups is 3. The van der Waals surface area contributed by atoms with Crippen molar-refractivity contribution in [2.75, 3.05) is 25.1 Å². The third kappa shape index (κ3) is 2.83. The molecule has 2 fully saturated rings. The fourth-order valence-corrected chi connectivity index (χ4v) is 4.98. The average Bonchev–Trinajstić information content (AvgIpc) is 3.27. The first-order valence-electron chi connectivity index (χ1n) is 9.78. The number of aliphatic hydroxyl groups is 1. The van der Waals surface area contributed by atoms with Crippen LogP contribution in [0.1, 0.15) is 43.0 Å². The Balaban J connectivity index is 1.59. The maximum absolute atomic E-state index is 13.3. The van der Waals surface area contributed by atoms with Gasteiger partial charge in [0.2, 0.25) is 5.91 Å². The fraction of sp³-hybridized carbons (Fsp3) is 0.550. The molecule has 3 amide bonds. The second-order valence-electron chi connectivity index (χ2n) is 7.70. The number of hydrogen-bond acceptors (Lipinski definition) is 5. The molecule has 0 spiro atoms. The van der Waals surface area contributed by atoms with Gasteiger partial charge in [0.1, 0.15) is 5.75 Å². The summed E-state index contributed by atoms with van der Waals surface area (Å²) >= 11 is 0. The van der Waals surface area contributed by atoms with E-state index in [9.17, 15) is 14.4 Å². The highest BCUT2D eigenvalue weighted by Crippen LogP contribution is 2.52. The molecule has 3 N–H and O–H groups in total. The van der Waals surface area contributed by atoms with E-state index in [2.05, 4.69) is 10.6 Å². The van der Waals surface area contributed by atoms with Crippen LogP contribution in [0.5, 0.6) is 5.75 Å². The molecule has 3 aliphatic heterocycles. The molecule has 0 saturated carbocycles. The molecule has 1 aromatic carbocycles. The van der Waals surface area contributed by atoms with E-state index >= 15 is 0 Å². The van der Waals surface area contributed by atoms with E-state index in [1.807, 2.05) is 11.8 Å². The zero-order valence-electron chi connectivity index (χ0n) is 15.9. The number of benzene rings is 1. The summed E-state index contributed by atoms with van der Waals surface area (Å²) in [5, 5.41) is 14.6. The third-order valence-electron chi connectivity index (χ3n) is 6.32. The summed E-state index contributed by atoms with van der Waals surface area (Å²) in [6.07, 6.45) is 2.99. The molecule has 28 heavy (non-hydrogen) atoms. The van der Waals surface area contributed by atoms with Gasteiger partial charge in [0.15, 0.2) is 6.61 Å². The van der Waals surface area contributed by atoms with Crippen LogP contribution in [0.2, 0.25) is 0 Å². The molecule has 1 aromatic rings. The van der Waals surface area contributed by atoms with Crippen molar-refractivity contribution in [1.29, 1.82) is 0 Å². The van der Waals surface area contributed by atoms with Gasteiger partial charge >= 0.3 is 0 Å². The monoisotopic (exact) mass is 387 g/mol. The van der Waals surface area contributed by atoms with Gasteiger partial charge in [-0.05, 0) is 43.9 Å². The van der Waals surface area contributed by atoms with Crippen LogP contribution in [0.25, 0.3) is 0 Å². The number of nitrogens with zero attached hydrogens (tertiary/aromatic N) is 1. The van der Waals surface area contributed by atoms with E-state index < -0.39 is 5.41 Å². The first-order chi connectivity index (χ1) is 13.5. The number of rotatable bonds is 5. The summed E-state index contributed by atoms with van der Waals surface area (Å²) in [5.41, 5.74) is 0.449. The van der Waals surface area contributed by atoms with E-state index in [0.29, 0.717) is 29.8 Å². The average molecular weight is 387 g/mol. The Morgan fingerprint density at radius 1 is 1.39 bits per heavy atom. The largest absolute Gasteiger partial charge is 0.482 e. The summed E-state index contributed by atoms with van der Waals surface area (Å²) in [5.74, 6) is 0.0804. The Hall–Kier alpha value is -2.61. The Morgan fingerprint density at radius 3 is 2.96 bits per heavy atom. The minimum absolute atomic E-state index is 0.0361. The lowest BCUT2D eigenvalue weighted by atomic mass is 9.71. The number of aliphatic hydroxyl groups excluding tert-OH is 1. The van der Waals surface area contributed by atoms with Crippen LogP contribution in [0.4, 0.5) is 5.69 Å². The van der Waals surface area contributed by atoms with Gasteiger partial charge in [-0.2, -0.15) is 0 Å². The van der Waals surface area contributed by atoms with Crippen molar-refractivity contribution in [1.82, 2.24) is 10.2 Å². The van der Waals surface area contributed by atoms with Crippen molar-refractivity contribution in [3.63, 3.8) is 0 Å². The molecule has 2 bridgehead atoms. The number of ether oxygens (including phenoxy) is 1. The van der Waals surface area contributed by atoms with E-state index in [0.717, 1.165) is 12.8 Å². The molecule has 150 valence electrons. The van der Waals surface area contributed by atoms with E-state index in [4.69, 9.17) is 9.84 Å². The van der Waals surface area contributed by atoms with Crippen LogP contribution in [0.3, 0.4) is 0 Å². The lowest BCUT2D eigenvalue weighted by Crippen LogP contribution is -2.50. The van der Waals surface area contributed by atoms with Gasteiger partial charge in [-0.25, -0.2) is 0 Å². The first-order valence-corrected chi connectivity index (χ1v) is 9.78. The molecule has 3 aliphatic rings.